The lowest BCUT2D eigenvalue weighted by Gasteiger charge is -2.08. The maximum atomic E-state index is 2.31. The van der Waals surface area contributed by atoms with Gasteiger partial charge in [-0.1, -0.05) is 38.5 Å². The summed E-state index contributed by atoms with van der Waals surface area (Å²) in [6.45, 7) is 11.4. The maximum absolute atomic E-state index is 2.31. The SMILES string of the molecule is CCCc1c(C)c(C)c(CC)cccc(C)c2c1C2. The molecule has 0 heterocycles. The number of hydrogen-bond acceptors (Lipinski definition) is 0. The second-order valence-electron chi connectivity index (χ2n) is 5.70. The van der Waals surface area contributed by atoms with E-state index in [2.05, 4.69) is 52.8 Å². The Labute approximate surface area is 118 Å². The monoisotopic (exact) mass is 254 g/mol. The smallest absolute Gasteiger partial charge is 0.00144 e. The number of hydrogen-bond donors (Lipinski definition) is 0. The first kappa shape index (κ1) is 14.1. The van der Waals surface area contributed by atoms with E-state index in [4.69, 9.17) is 0 Å². The van der Waals surface area contributed by atoms with Crippen LogP contribution in [-0.4, -0.2) is 0 Å². The predicted octanol–water partition coefficient (Wildman–Crippen LogP) is 5.16. The molecule has 0 aliphatic heterocycles. The summed E-state index contributed by atoms with van der Waals surface area (Å²) in [5.41, 5.74) is 10.7. The highest BCUT2D eigenvalue weighted by atomic mass is 14.3. The average Bonchev–Trinajstić information content (AvgIpc) is 3.18. The normalized spacial score (nSPS) is 11.8. The van der Waals surface area contributed by atoms with Crippen molar-refractivity contribution in [3.8, 4) is 0 Å². The quantitative estimate of drug-likeness (QED) is 0.710. The van der Waals surface area contributed by atoms with Gasteiger partial charge in [0, 0.05) is 0 Å². The summed E-state index contributed by atoms with van der Waals surface area (Å²) in [7, 11) is 0. The van der Waals surface area contributed by atoms with E-state index >= 15 is 0 Å². The first-order valence-electron chi connectivity index (χ1n) is 7.57. The fourth-order valence-corrected chi connectivity index (χ4v) is 3.00. The minimum Gasteiger partial charge on any atom is -0.0651 e. The molecule has 0 amide bonds. The third-order valence-corrected chi connectivity index (χ3v) is 4.45. The highest BCUT2D eigenvalue weighted by molar-refractivity contribution is 5.55. The van der Waals surface area contributed by atoms with E-state index in [-0.39, 0.29) is 0 Å². The highest BCUT2D eigenvalue weighted by Crippen LogP contribution is 2.35. The molecule has 0 spiro atoms. The van der Waals surface area contributed by atoms with E-state index in [1.165, 1.54) is 41.5 Å². The van der Waals surface area contributed by atoms with Crippen molar-refractivity contribution in [1.82, 2.24) is 0 Å². The van der Waals surface area contributed by atoms with Gasteiger partial charge in [-0.15, -0.1) is 0 Å². The van der Waals surface area contributed by atoms with Crippen molar-refractivity contribution in [3.63, 3.8) is 0 Å². The largest absolute Gasteiger partial charge is 0.0651 e. The van der Waals surface area contributed by atoms with Crippen LogP contribution >= 0.6 is 0 Å². The molecule has 1 aromatic rings. The lowest BCUT2D eigenvalue weighted by atomic mass is 9.97. The molecule has 0 N–H and O–H groups in total. The molecule has 0 saturated carbocycles. The first-order valence-corrected chi connectivity index (χ1v) is 7.57. The lowest BCUT2D eigenvalue weighted by molar-refractivity contribution is 0.907. The van der Waals surface area contributed by atoms with Crippen LogP contribution in [0.5, 0.6) is 0 Å². The summed E-state index contributed by atoms with van der Waals surface area (Å²) in [5.74, 6) is 0. The lowest BCUT2D eigenvalue weighted by Crippen LogP contribution is -1.93. The van der Waals surface area contributed by atoms with Crippen LogP contribution in [-0.2, 0) is 19.3 Å². The fraction of sp³-hybridized carbons (Fsp3) is 0.474. The van der Waals surface area contributed by atoms with Gasteiger partial charge in [-0.2, -0.15) is 0 Å². The Morgan fingerprint density at radius 3 is 2.32 bits per heavy atom. The Morgan fingerprint density at radius 1 is 0.947 bits per heavy atom. The van der Waals surface area contributed by atoms with Crippen LogP contribution in [0.25, 0.3) is 0 Å². The molecule has 0 bridgehead atoms. The zero-order valence-electron chi connectivity index (χ0n) is 13.1. The van der Waals surface area contributed by atoms with Gasteiger partial charge in [0.15, 0.2) is 0 Å². The van der Waals surface area contributed by atoms with E-state index in [1.807, 2.05) is 0 Å². The molecule has 0 saturated heterocycles. The summed E-state index contributed by atoms with van der Waals surface area (Å²) in [6.07, 6.45) is 4.77. The summed E-state index contributed by atoms with van der Waals surface area (Å²) in [5, 5.41) is 0. The van der Waals surface area contributed by atoms with E-state index < -0.39 is 0 Å². The molecule has 0 radical (unpaired) electrons. The molecular weight excluding hydrogens is 228 g/mol. The Morgan fingerprint density at radius 2 is 1.68 bits per heavy atom. The Balaban J connectivity index is 2.78. The van der Waals surface area contributed by atoms with Gasteiger partial charge in [0.2, 0.25) is 0 Å². The van der Waals surface area contributed by atoms with E-state index in [0.717, 1.165) is 6.42 Å². The Bertz CT molecular complexity index is 549. The zero-order chi connectivity index (χ0) is 14.0. The van der Waals surface area contributed by atoms with Crippen LogP contribution in [0, 0.1) is 20.8 Å². The van der Waals surface area contributed by atoms with Gasteiger partial charge in [0.1, 0.15) is 0 Å². The topological polar surface area (TPSA) is 0 Å². The predicted molar refractivity (Wildman–Crippen MR) is 84.5 cm³/mol. The molecule has 19 heavy (non-hydrogen) atoms. The summed E-state index contributed by atoms with van der Waals surface area (Å²) < 4.78 is 0. The fourth-order valence-electron chi connectivity index (χ4n) is 3.00. The van der Waals surface area contributed by atoms with Crippen LogP contribution in [0.3, 0.4) is 0 Å². The van der Waals surface area contributed by atoms with Crippen molar-refractivity contribution >= 4 is 0 Å². The van der Waals surface area contributed by atoms with E-state index in [9.17, 15) is 0 Å². The Kier molecular flexibility index (Phi) is 4.29. The molecule has 1 aliphatic carbocycles. The number of fused-ring (bicyclic) bond motifs is 1. The van der Waals surface area contributed by atoms with Crippen LogP contribution < -0.4 is 0 Å². The molecule has 0 unspecified atom stereocenters. The van der Waals surface area contributed by atoms with Crippen LogP contribution in [0.15, 0.2) is 18.2 Å². The van der Waals surface area contributed by atoms with Crippen LogP contribution in [0.4, 0.5) is 0 Å². The zero-order valence-corrected chi connectivity index (χ0v) is 13.1. The summed E-state index contributed by atoms with van der Waals surface area (Å²) in [4.78, 5) is 0. The van der Waals surface area contributed by atoms with Crippen LogP contribution in [0.1, 0.15) is 59.2 Å². The molecule has 0 heteroatoms. The first-order chi connectivity index (χ1) is 9.10. The third-order valence-electron chi connectivity index (χ3n) is 4.45. The van der Waals surface area contributed by atoms with Gasteiger partial charge in [-0.3, -0.25) is 0 Å². The molecule has 2 rings (SSSR count). The van der Waals surface area contributed by atoms with Gasteiger partial charge in [0.25, 0.3) is 0 Å². The van der Waals surface area contributed by atoms with Gasteiger partial charge >= 0.3 is 0 Å². The van der Waals surface area contributed by atoms with Crippen LogP contribution in [0.2, 0.25) is 0 Å². The molecule has 0 fully saturated rings. The van der Waals surface area contributed by atoms with Crippen molar-refractivity contribution in [2.45, 2.75) is 60.3 Å². The van der Waals surface area contributed by atoms with Crippen molar-refractivity contribution in [2.75, 3.05) is 0 Å². The second kappa shape index (κ2) is 5.77. The van der Waals surface area contributed by atoms with Crippen molar-refractivity contribution in [1.29, 1.82) is 0 Å². The highest BCUT2D eigenvalue weighted by Gasteiger charge is 2.22. The second-order valence-corrected chi connectivity index (χ2v) is 5.70. The van der Waals surface area contributed by atoms with Crippen molar-refractivity contribution < 1.29 is 0 Å². The molecule has 102 valence electrons. The summed E-state index contributed by atoms with van der Waals surface area (Å²) >= 11 is 0. The number of aryl methyl sites for hydroxylation is 2. The molecule has 0 aromatic heterocycles. The average molecular weight is 254 g/mol. The van der Waals surface area contributed by atoms with Crippen molar-refractivity contribution in [3.05, 3.63) is 57.1 Å². The molecule has 1 aromatic carbocycles. The summed E-state index contributed by atoms with van der Waals surface area (Å²) in [6, 6.07) is 6.79. The van der Waals surface area contributed by atoms with E-state index in [0.29, 0.717) is 0 Å². The number of rotatable bonds is 3. The maximum Gasteiger partial charge on any atom is -0.00144 e. The van der Waals surface area contributed by atoms with E-state index in [1.54, 1.807) is 16.7 Å². The van der Waals surface area contributed by atoms with Gasteiger partial charge < -0.3 is 0 Å². The minimum absolute atomic E-state index is 1.11. The minimum atomic E-state index is 1.11. The third kappa shape index (κ3) is 2.83. The molecule has 0 nitrogen and oxygen atoms in total. The van der Waals surface area contributed by atoms with Gasteiger partial charge in [0.05, 0.1) is 0 Å². The van der Waals surface area contributed by atoms with Gasteiger partial charge in [-0.25, -0.2) is 0 Å². The molecule has 1 aliphatic rings. The molecule has 0 atom stereocenters. The Hall–Kier alpha value is -1.30. The molecular formula is C19H26. The van der Waals surface area contributed by atoms with Gasteiger partial charge in [-0.05, 0) is 79.0 Å². The standard InChI is InChI=1S/C19H26/c1-6-9-17-15(5)14(4)16(7-2)11-8-10-13(3)18-12-19(17)18/h8,10-11H,6-7,9,12H2,1-5H3. The van der Waals surface area contributed by atoms with Crippen molar-refractivity contribution in [2.24, 2.45) is 0 Å².